The molecule has 0 saturated heterocycles. The lowest BCUT2D eigenvalue weighted by atomic mass is 9.81. The Morgan fingerprint density at radius 1 is 1.04 bits per heavy atom. The average Bonchev–Trinajstić information content (AvgIpc) is 2.82. The molecular formula is C20H30N2O. The molecule has 3 nitrogen and oxygen atoms in total. The quantitative estimate of drug-likeness (QED) is 0.735. The zero-order chi connectivity index (χ0) is 16.9. The van der Waals surface area contributed by atoms with Crippen molar-refractivity contribution in [3.63, 3.8) is 0 Å². The molecule has 0 aromatic heterocycles. The van der Waals surface area contributed by atoms with Gasteiger partial charge in [0, 0.05) is 11.0 Å². The zero-order valence-corrected chi connectivity index (χ0v) is 15.0. The van der Waals surface area contributed by atoms with Gasteiger partial charge in [-0.2, -0.15) is 0 Å². The number of carbonyl (C=O) groups excluding carboxylic acids is 1. The largest absolute Gasteiger partial charge is 0.309 e. The van der Waals surface area contributed by atoms with E-state index in [1.807, 2.05) is 30.3 Å². The summed E-state index contributed by atoms with van der Waals surface area (Å²) >= 11 is 0. The van der Waals surface area contributed by atoms with Crippen molar-refractivity contribution < 1.29 is 4.79 Å². The fraction of sp³-hybridized carbons (Fsp3) is 0.550. The minimum Gasteiger partial charge on any atom is -0.309 e. The van der Waals surface area contributed by atoms with Gasteiger partial charge in [-0.1, -0.05) is 43.3 Å². The van der Waals surface area contributed by atoms with Crippen molar-refractivity contribution in [2.24, 2.45) is 5.41 Å². The van der Waals surface area contributed by atoms with Crippen molar-refractivity contribution in [1.29, 1.82) is 0 Å². The third kappa shape index (κ3) is 4.76. The fourth-order valence-electron chi connectivity index (χ4n) is 3.13. The van der Waals surface area contributed by atoms with Gasteiger partial charge in [-0.05, 0) is 65.6 Å². The highest BCUT2D eigenvalue weighted by Gasteiger charge is 2.39. The lowest BCUT2D eigenvalue weighted by molar-refractivity contribution is -0.121. The number of hydrogen-bond acceptors (Lipinski definition) is 3. The molecule has 0 aliphatic heterocycles. The molecule has 0 spiro atoms. The third-order valence-corrected chi connectivity index (χ3v) is 4.82. The number of rotatable bonds is 8. The first-order chi connectivity index (χ1) is 10.9. The monoisotopic (exact) mass is 314 g/mol. The molecule has 1 aliphatic rings. The Bertz CT molecular complexity index is 550. The molecule has 3 heteroatoms. The second-order valence-corrected chi connectivity index (χ2v) is 7.29. The van der Waals surface area contributed by atoms with Crippen molar-refractivity contribution in [3.8, 4) is 0 Å². The Morgan fingerprint density at radius 3 is 2.39 bits per heavy atom. The van der Waals surface area contributed by atoms with Crippen LogP contribution in [-0.2, 0) is 4.79 Å². The van der Waals surface area contributed by atoms with Gasteiger partial charge in [0.25, 0.3) is 0 Å². The topological polar surface area (TPSA) is 23.6 Å². The number of ketones is 1. The van der Waals surface area contributed by atoms with Gasteiger partial charge in [0.05, 0.1) is 0 Å². The van der Waals surface area contributed by atoms with Gasteiger partial charge in [0.2, 0.25) is 0 Å². The molecule has 0 N–H and O–H groups in total. The lowest BCUT2D eigenvalue weighted by Crippen LogP contribution is -2.31. The Kier molecular flexibility index (Phi) is 6.14. The maximum Gasteiger partial charge on any atom is 0.169 e. The highest BCUT2D eigenvalue weighted by molar-refractivity contribution is 6.25. The van der Waals surface area contributed by atoms with E-state index < -0.39 is 0 Å². The van der Waals surface area contributed by atoms with Crippen LogP contribution in [0.5, 0.6) is 0 Å². The molecule has 0 fully saturated rings. The van der Waals surface area contributed by atoms with Crippen LogP contribution in [-0.4, -0.2) is 56.4 Å². The van der Waals surface area contributed by atoms with Gasteiger partial charge in [0.1, 0.15) is 0 Å². The summed E-state index contributed by atoms with van der Waals surface area (Å²) in [7, 11) is 6.37. The Hall–Kier alpha value is -1.45. The first kappa shape index (κ1) is 17.9. The smallest absolute Gasteiger partial charge is 0.169 e. The summed E-state index contributed by atoms with van der Waals surface area (Å²) in [6.45, 7) is 5.29. The molecule has 1 atom stereocenters. The predicted octanol–water partition coefficient (Wildman–Crippen LogP) is 3.32. The van der Waals surface area contributed by atoms with Crippen molar-refractivity contribution in [2.45, 2.75) is 26.2 Å². The summed E-state index contributed by atoms with van der Waals surface area (Å²) in [5.41, 5.74) is 1.73. The van der Waals surface area contributed by atoms with Gasteiger partial charge < -0.3 is 9.80 Å². The SMILES string of the molecule is CN(C)CCCN(C)CCC1(C)CC=C(c2ccccc2)C1=O. The summed E-state index contributed by atoms with van der Waals surface area (Å²) in [6.07, 6.45) is 5.09. The number of allylic oxidation sites excluding steroid dienone is 2. The van der Waals surface area contributed by atoms with Gasteiger partial charge in [-0.15, -0.1) is 0 Å². The summed E-state index contributed by atoms with van der Waals surface area (Å²) < 4.78 is 0. The van der Waals surface area contributed by atoms with Gasteiger partial charge in [0.15, 0.2) is 5.78 Å². The van der Waals surface area contributed by atoms with Crippen LogP contribution in [0.3, 0.4) is 0 Å². The molecule has 1 unspecified atom stereocenters. The summed E-state index contributed by atoms with van der Waals surface area (Å²) in [5, 5.41) is 0. The van der Waals surface area contributed by atoms with E-state index >= 15 is 0 Å². The van der Waals surface area contributed by atoms with Gasteiger partial charge >= 0.3 is 0 Å². The van der Waals surface area contributed by atoms with E-state index in [9.17, 15) is 4.79 Å². The van der Waals surface area contributed by atoms with E-state index in [1.165, 1.54) is 6.42 Å². The molecule has 2 rings (SSSR count). The van der Waals surface area contributed by atoms with Crippen LogP contribution in [0.25, 0.3) is 5.57 Å². The number of hydrogen-bond donors (Lipinski definition) is 0. The first-order valence-corrected chi connectivity index (χ1v) is 8.56. The van der Waals surface area contributed by atoms with Crippen LogP contribution in [0.2, 0.25) is 0 Å². The van der Waals surface area contributed by atoms with E-state index in [1.54, 1.807) is 0 Å². The third-order valence-electron chi connectivity index (χ3n) is 4.82. The lowest BCUT2D eigenvalue weighted by Gasteiger charge is -2.26. The number of carbonyl (C=O) groups is 1. The molecule has 1 aromatic rings. The molecule has 0 bridgehead atoms. The van der Waals surface area contributed by atoms with Crippen LogP contribution in [0.15, 0.2) is 36.4 Å². The molecule has 126 valence electrons. The molecule has 23 heavy (non-hydrogen) atoms. The van der Waals surface area contributed by atoms with Crippen LogP contribution in [0.1, 0.15) is 31.7 Å². The minimum absolute atomic E-state index is 0.235. The maximum atomic E-state index is 12.9. The molecule has 0 amide bonds. The predicted molar refractivity (Wildman–Crippen MR) is 97.4 cm³/mol. The summed E-state index contributed by atoms with van der Waals surface area (Å²) in [6, 6.07) is 10.0. The fourth-order valence-corrected chi connectivity index (χ4v) is 3.13. The van der Waals surface area contributed by atoms with E-state index in [0.717, 1.165) is 43.6 Å². The van der Waals surface area contributed by atoms with Crippen LogP contribution < -0.4 is 0 Å². The first-order valence-electron chi connectivity index (χ1n) is 8.56. The number of benzene rings is 1. The van der Waals surface area contributed by atoms with E-state index in [-0.39, 0.29) is 5.41 Å². The maximum absolute atomic E-state index is 12.9. The van der Waals surface area contributed by atoms with Crippen molar-refractivity contribution in [3.05, 3.63) is 42.0 Å². The van der Waals surface area contributed by atoms with E-state index in [0.29, 0.717) is 5.78 Å². The number of Topliss-reactive ketones (excluding diaryl/α,β-unsaturated/α-hetero) is 1. The van der Waals surface area contributed by atoms with Gasteiger partial charge in [-0.3, -0.25) is 4.79 Å². The summed E-state index contributed by atoms with van der Waals surface area (Å²) in [4.78, 5) is 17.4. The van der Waals surface area contributed by atoms with Crippen molar-refractivity contribution in [2.75, 3.05) is 40.8 Å². The van der Waals surface area contributed by atoms with Crippen molar-refractivity contribution >= 4 is 11.4 Å². The molecular weight excluding hydrogens is 284 g/mol. The Balaban J connectivity index is 1.86. The standard InChI is InChI=1S/C20H30N2O/c1-20(13-16-22(4)15-8-14-21(2)3)12-11-18(19(20)23)17-9-6-5-7-10-17/h5-7,9-11H,8,12-16H2,1-4H3. The Labute approximate surface area is 141 Å². The van der Waals surface area contributed by atoms with Crippen LogP contribution >= 0.6 is 0 Å². The van der Waals surface area contributed by atoms with Gasteiger partial charge in [-0.25, -0.2) is 0 Å². The van der Waals surface area contributed by atoms with Crippen LogP contribution in [0, 0.1) is 5.41 Å². The highest BCUT2D eigenvalue weighted by Crippen LogP contribution is 2.40. The zero-order valence-electron chi connectivity index (χ0n) is 15.0. The molecule has 1 aromatic carbocycles. The second-order valence-electron chi connectivity index (χ2n) is 7.29. The molecule has 1 aliphatic carbocycles. The molecule has 0 radical (unpaired) electrons. The Morgan fingerprint density at radius 2 is 1.74 bits per heavy atom. The highest BCUT2D eigenvalue weighted by atomic mass is 16.1. The van der Waals surface area contributed by atoms with Crippen LogP contribution in [0.4, 0.5) is 0 Å². The second kappa shape index (κ2) is 7.89. The molecule has 0 heterocycles. The minimum atomic E-state index is -0.235. The summed E-state index contributed by atoms with van der Waals surface area (Å²) in [5.74, 6) is 0.311. The molecule has 0 saturated carbocycles. The van der Waals surface area contributed by atoms with Crippen molar-refractivity contribution in [1.82, 2.24) is 9.80 Å². The van der Waals surface area contributed by atoms with E-state index in [2.05, 4.69) is 43.9 Å². The normalized spacial score (nSPS) is 21.3. The number of nitrogens with zero attached hydrogens (tertiary/aromatic N) is 2. The van der Waals surface area contributed by atoms with E-state index in [4.69, 9.17) is 0 Å². The average molecular weight is 314 g/mol.